The first-order valence-electron chi connectivity index (χ1n) is 8.06. The highest BCUT2D eigenvalue weighted by atomic mass is 35.5. The van der Waals surface area contributed by atoms with E-state index in [1.807, 2.05) is 0 Å². The number of primary sulfonamides is 1. The molecule has 0 saturated heterocycles. The Labute approximate surface area is 173 Å². The second-order valence-electron chi connectivity index (χ2n) is 5.64. The van der Waals surface area contributed by atoms with Crippen molar-refractivity contribution in [1.82, 2.24) is 4.98 Å². The lowest BCUT2D eigenvalue weighted by atomic mass is 10.2. The fourth-order valence-electron chi connectivity index (χ4n) is 2.17. The van der Waals surface area contributed by atoms with Crippen molar-refractivity contribution in [3.63, 3.8) is 0 Å². The summed E-state index contributed by atoms with van der Waals surface area (Å²) >= 11 is 0. The van der Waals surface area contributed by atoms with E-state index >= 15 is 0 Å². The number of rotatable bonds is 6. The van der Waals surface area contributed by atoms with Crippen LogP contribution in [0.25, 0.3) is 0 Å². The van der Waals surface area contributed by atoms with Crippen molar-refractivity contribution in [2.75, 3.05) is 5.43 Å². The summed E-state index contributed by atoms with van der Waals surface area (Å²) in [5.41, 5.74) is 4.52. The Morgan fingerprint density at radius 3 is 2.34 bits per heavy atom. The number of halogens is 1. The lowest BCUT2D eigenvalue weighted by Gasteiger charge is -2.04. The maximum absolute atomic E-state index is 12.0. The van der Waals surface area contributed by atoms with Gasteiger partial charge in [-0.3, -0.25) is 10.4 Å². The SMILES string of the molecule is Cl.NS(=O)(=O)c1ccc(N/N=C/c2ccc(OC(=O)c3cccnc3)cc2)cc1. The van der Waals surface area contributed by atoms with E-state index in [1.54, 1.807) is 60.9 Å². The highest BCUT2D eigenvalue weighted by Crippen LogP contribution is 2.14. The second kappa shape index (κ2) is 9.78. The Morgan fingerprint density at radius 1 is 1.07 bits per heavy atom. The van der Waals surface area contributed by atoms with Gasteiger partial charge in [-0.2, -0.15) is 5.10 Å². The molecule has 150 valence electrons. The van der Waals surface area contributed by atoms with Crippen molar-refractivity contribution in [1.29, 1.82) is 0 Å². The van der Waals surface area contributed by atoms with E-state index in [2.05, 4.69) is 15.5 Å². The van der Waals surface area contributed by atoms with Gasteiger partial charge in [0.1, 0.15) is 5.75 Å². The number of anilines is 1. The van der Waals surface area contributed by atoms with Crippen molar-refractivity contribution in [2.45, 2.75) is 4.90 Å². The van der Waals surface area contributed by atoms with Crippen molar-refractivity contribution in [3.05, 3.63) is 84.2 Å². The number of carbonyl (C=O) groups is 1. The maximum Gasteiger partial charge on any atom is 0.345 e. The zero-order valence-corrected chi connectivity index (χ0v) is 16.6. The van der Waals surface area contributed by atoms with E-state index in [9.17, 15) is 13.2 Å². The lowest BCUT2D eigenvalue weighted by Crippen LogP contribution is -2.11. The first-order chi connectivity index (χ1) is 13.4. The summed E-state index contributed by atoms with van der Waals surface area (Å²) in [6, 6.07) is 15.9. The van der Waals surface area contributed by atoms with Crippen LogP contribution in [-0.4, -0.2) is 25.6 Å². The maximum atomic E-state index is 12.0. The number of aromatic nitrogens is 1. The van der Waals surface area contributed by atoms with Gasteiger partial charge in [-0.15, -0.1) is 12.4 Å². The van der Waals surface area contributed by atoms with Gasteiger partial charge in [0.25, 0.3) is 0 Å². The number of sulfonamides is 1. The van der Waals surface area contributed by atoms with E-state index in [1.165, 1.54) is 18.3 Å². The third-order valence-electron chi connectivity index (χ3n) is 3.58. The fraction of sp³-hybridized carbons (Fsp3) is 0. The Bertz CT molecular complexity index is 1090. The van der Waals surface area contributed by atoms with Gasteiger partial charge in [0.15, 0.2) is 0 Å². The van der Waals surface area contributed by atoms with Crippen molar-refractivity contribution in [3.8, 4) is 5.75 Å². The Balaban J connectivity index is 0.00000300. The molecule has 0 atom stereocenters. The molecule has 0 aliphatic rings. The summed E-state index contributed by atoms with van der Waals surface area (Å²) in [6.07, 6.45) is 4.58. The van der Waals surface area contributed by atoms with Crippen LogP contribution in [0, 0.1) is 0 Å². The molecule has 3 aromatic rings. The number of nitrogens with two attached hydrogens (primary N) is 1. The monoisotopic (exact) mass is 432 g/mol. The van der Waals surface area contributed by atoms with E-state index in [4.69, 9.17) is 9.88 Å². The van der Waals surface area contributed by atoms with Gasteiger partial charge in [-0.1, -0.05) is 0 Å². The van der Waals surface area contributed by atoms with Crippen molar-refractivity contribution < 1.29 is 17.9 Å². The number of hydrazone groups is 1. The highest BCUT2D eigenvalue weighted by Gasteiger charge is 2.08. The summed E-state index contributed by atoms with van der Waals surface area (Å²) in [7, 11) is -3.72. The molecule has 8 nitrogen and oxygen atoms in total. The number of ether oxygens (including phenoxy) is 1. The number of nitrogens with one attached hydrogen (secondary N) is 1. The van der Waals surface area contributed by atoms with Crippen molar-refractivity contribution >= 4 is 40.3 Å². The number of nitrogens with zero attached hydrogens (tertiary/aromatic N) is 2. The van der Waals surface area contributed by atoms with Crippen LogP contribution in [0.4, 0.5) is 5.69 Å². The predicted molar refractivity (Wildman–Crippen MR) is 112 cm³/mol. The van der Waals surface area contributed by atoms with Gasteiger partial charge in [-0.25, -0.2) is 18.4 Å². The molecule has 0 spiro atoms. The zero-order chi connectivity index (χ0) is 20.0. The molecule has 1 aromatic heterocycles. The summed E-state index contributed by atoms with van der Waals surface area (Å²) < 4.78 is 27.7. The zero-order valence-electron chi connectivity index (χ0n) is 14.9. The molecule has 0 fully saturated rings. The third kappa shape index (κ3) is 6.39. The molecule has 10 heteroatoms. The summed E-state index contributed by atoms with van der Waals surface area (Å²) in [5, 5.41) is 9.12. The van der Waals surface area contributed by atoms with Gasteiger partial charge in [-0.05, 0) is 66.2 Å². The van der Waals surface area contributed by atoms with Crippen LogP contribution in [-0.2, 0) is 10.0 Å². The first kappa shape index (κ1) is 22.0. The number of esters is 1. The normalized spacial score (nSPS) is 10.9. The fourth-order valence-corrected chi connectivity index (χ4v) is 2.69. The van der Waals surface area contributed by atoms with Crippen LogP contribution in [0.15, 0.2) is 83.1 Å². The Kier molecular flexibility index (Phi) is 7.43. The Morgan fingerprint density at radius 2 is 1.76 bits per heavy atom. The number of hydrogen-bond donors (Lipinski definition) is 2. The van der Waals surface area contributed by atoms with Crippen molar-refractivity contribution in [2.24, 2.45) is 10.2 Å². The molecule has 0 amide bonds. The first-order valence-corrected chi connectivity index (χ1v) is 9.61. The number of carbonyl (C=O) groups excluding carboxylic acids is 1. The van der Waals surface area contributed by atoms with Crippen LogP contribution in [0.2, 0.25) is 0 Å². The minimum atomic E-state index is -3.72. The van der Waals surface area contributed by atoms with Crippen LogP contribution in [0.3, 0.4) is 0 Å². The molecule has 0 aliphatic carbocycles. The quantitative estimate of drug-likeness (QED) is 0.267. The van der Waals surface area contributed by atoms with Gasteiger partial charge >= 0.3 is 5.97 Å². The van der Waals surface area contributed by atoms with Gasteiger partial charge in [0.05, 0.1) is 22.4 Å². The second-order valence-corrected chi connectivity index (χ2v) is 7.20. The number of pyridine rings is 1. The largest absolute Gasteiger partial charge is 0.423 e. The molecular formula is C19H17ClN4O4S. The van der Waals surface area contributed by atoms with Crippen LogP contribution in [0.1, 0.15) is 15.9 Å². The predicted octanol–water partition coefficient (Wildman–Crippen LogP) is 2.82. The van der Waals surface area contributed by atoms with E-state index in [0.29, 0.717) is 17.0 Å². The number of hydrogen-bond acceptors (Lipinski definition) is 7. The van der Waals surface area contributed by atoms with Gasteiger partial charge in [0, 0.05) is 12.4 Å². The molecule has 0 aliphatic heterocycles. The van der Waals surface area contributed by atoms with E-state index in [0.717, 1.165) is 5.56 Å². The van der Waals surface area contributed by atoms with Gasteiger partial charge < -0.3 is 4.74 Å². The minimum absolute atomic E-state index is 0. The Hall–Kier alpha value is -3.27. The molecule has 3 N–H and O–H groups in total. The smallest absolute Gasteiger partial charge is 0.345 e. The highest BCUT2D eigenvalue weighted by molar-refractivity contribution is 7.89. The summed E-state index contributed by atoms with van der Waals surface area (Å²) in [5.74, 6) is -0.0864. The third-order valence-corrected chi connectivity index (χ3v) is 4.51. The van der Waals surface area contributed by atoms with Crippen LogP contribution < -0.4 is 15.3 Å². The molecular weight excluding hydrogens is 416 g/mol. The molecule has 2 aromatic carbocycles. The summed E-state index contributed by atoms with van der Waals surface area (Å²) in [6.45, 7) is 0. The molecule has 0 saturated carbocycles. The molecule has 29 heavy (non-hydrogen) atoms. The average Bonchev–Trinajstić information content (AvgIpc) is 2.70. The van der Waals surface area contributed by atoms with Gasteiger partial charge in [0.2, 0.25) is 10.0 Å². The topological polar surface area (TPSA) is 124 Å². The van der Waals surface area contributed by atoms with E-state index in [-0.39, 0.29) is 17.3 Å². The molecule has 3 rings (SSSR count). The number of benzene rings is 2. The lowest BCUT2D eigenvalue weighted by molar-refractivity contribution is 0.0734. The van der Waals surface area contributed by atoms with E-state index < -0.39 is 16.0 Å². The minimum Gasteiger partial charge on any atom is -0.423 e. The molecule has 0 radical (unpaired) electrons. The molecule has 1 heterocycles. The standard InChI is InChI=1S/C19H16N4O4S.ClH/c20-28(25,26)18-9-5-16(6-10-18)23-22-12-14-3-7-17(8-4-14)27-19(24)15-2-1-11-21-13-15;/h1-13,23H,(H2,20,25,26);1H/b22-12+;. The van der Waals surface area contributed by atoms with Crippen LogP contribution in [0.5, 0.6) is 5.75 Å². The molecule has 0 unspecified atom stereocenters. The summed E-state index contributed by atoms with van der Waals surface area (Å²) in [4.78, 5) is 15.9. The average molecular weight is 433 g/mol. The molecule has 0 bridgehead atoms. The van der Waals surface area contributed by atoms with Crippen LogP contribution >= 0.6 is 12.4 Å².